The van der Waals surface area contributed by atoms with Crippen LogP contribution in [0.15, 0.2) is 71.9 Å². The number of rotatable bonds is 10. The van der Waals surface area contributed by atoms with E-state index in [0.29, 0.717) is 33.7 Å². The summed E-state index contributed by atoms with van der Waals surface area (Å²) in [5.41, 5.74) is 2.72. The number of nitrogens with zero attached hydrogens (tertiary/aromatic N) is 3. The highest BCUT2D eigenvalue weighted by atomic mass is 32.2. The summed E-state index contributed by atoms with van der Waals surface area (Å²) in [6.07, 6.45) is 0. The third-order valence-corrected chi connectivity index (χ3v) is 6.40. The number of hydrogen-bond donors (Lipinski definition) is 2. The van der Waals surface area contributed by atoms with E-state index < -0.39 is 0 Å². The number of nitrogens with one attached hydrogen (secondary N) is 2. The Morgan fingerprint density at radius 3 is 2.45 bits per heavy atom. The van der Waals surface area contributed by atoms with E-state index in [9.17, 15) is 14.0 Å². The Balaban J connectivity index is 1.50. The van der Waals surface area contributed by atoms with Crippen LogP contribution in [0.25, 0.3) is 5.69 Å². The molecule has 0 unspecified atom stereocenters. The zero-order chi connectivity index (χ0) is 27.1. The van der Waals surface area contributed by atoms with Gasteiger partial charge in [0.2, 0.25) is 5.91 Å². The Bertz CT molecular complexity index is 1440. The standard InChI is InChI=1S/C27H26FN5O4S/c1-17-5-4-6-21(13-17)33-24(15-29-26(35)18-7-12-22(36-2)23(14-18)37-3)31-32-27(33)38-16-25(34)30-20-10-8-19(28)9-11-20/h4-14H,15-16H2,1-3H3,(H,29,35)(H,30,34). The maximum absolute atomic E-state index is 13.1. The SMILES string of the molecule is COc1ccc(C(=O)NCc2nnc(SCC(=O)Nc3ccc(F)cc3)n2-c2cccc(C)c2)cc1OC. The van der Waals surface area contributed by atoms with Crippen LogP contribution in [0.5, 0.6) is 11.5 Å². The fraction of sp³-hybridized carbons (Fsp3) is 0.185. The molecule has 0 bridgehead atoms. The summed E-state index contributed by atoms with van der Waals surface area (Å²) < 4.78 is 25.5. The molecular formula is C27H26FN5O4S. The molecule has 0 radical (unpaired) electrons. The second kappa shape index (κ2) is 12.2. The molecule has 196 valence electrons. The molecule has 0 saturated heterocycles. The number of anilines is 1. The number of carbonyl (C=O) groups excluding carboxylic acids is 2. The van der Waals surface area contributed by atoms with E-state index in [1.54, 1.807) is 22.8 Å². The molecule has 0 aliphatic carbocycles. The van der Waals surface area contributed by atoms with Gasteiger partial charge >= 0.3 is 0 Å². The van der Waals surface area contributed by atoms with Crippen molar-refractivity contribution in [3.8, 4) is 17.2 Å². The van der Waals surface area contributed by atoms with E-state index >= 15 is 0 Å². The van der Waals surface area contributed by atoms with Crippen LogP contribution in [0, 0.1) is 12.7 Å². The van der Waals surface area contributed by atoms with Gasteiger partial charge in [-0.05, 0) is 67.1 Å². The average molecular weight is 536 g/mol. The van der Waals surface area contributed by atoms with Crippen molar-refractivity contribution in [2.45, 2.75) is 18.6 Å². The molecule has 0 aliphatic rings. The molecule has 1 aromatic heterocycles. The van der Waals surface area contributed by atoms with Gasteiger partial charge in [-0.1, -0.05) is 23.9 Å². The maximum Gasteiger partial charge on any atom is 0.251 e. The van der Waals surface area contributed by atoms with E-state index in [2.05, 4.69) is 20.8 Å². The fourth-order valence-corrected chi connectivity index (χ4v) is 4.40. The van der Waals surface area contributed by atoms with Crippen molar-refractivity contribution in [1.29, 1.82) is 0 Å². The highest BCUT2D eigenvalue weighted by Crippen LogP contribution is 2.28. The first-order chi connectivity index (χ1) is 18.4. The van der Waals surface area contributed by atoms with Gasteiger partial charge in [-0.2, -0.15) is 0 Å². The van der Waals surface area contributed by atoms with Crippen molar-refractivity contribution < 1.29 is 23.5 Å². The van der Waals surface area contributed by atoms with Gasteiger partial charge in [0, 0.05) is 16.9 Å². The van der Waals surface area contributed by atoms with Crippen LogP contribution < -0.4 is 20.1 Å². The number of amides is 2. The molecule has 2 N–H and O–H groups in total. The van der Waals surface area contributed by atoms with Crippen LogP contribution >= 0.6 is 11.8 Å². The fourth-order valence-electron chi connectivity index (χ4n) is 3.63. The smallest absolute Gasteiger partial charge is 0.251 e. The number of carbonyl (C=O) groups is 2. The molecule has 0 atom stereocenters. The predicted octanol–water partition coefficient (Wildman–Crippen LogP) is 4.39. The van der Waals surface area contributed by atoms with Gasteiger partial charge in [0.25, 0.3) is 5.91 Å². The maximum atomic E-state index is 13.1. The van der Waals surface area contributed by atoms with Crippen LogP contribution in [-0.4, -0.2) is 46.6 Å². The third-order valence-electron chi connectivity index (χ3n) is 5.47. The van der Waals surface area contributed by atoms with E-state index in [4.69, 9.17) is 9.47 Å². The van der Waals surface area contributed by atoms with Crippen molar-refractivity contribution in [2.24, 2.45) is 0 Å². The molecule has 38 heavy (non-hydrogen) atoms. The zero-order valence-electron chi connectivity index (χ0n) is 21.0. The molecule has 2 amide bonds. The monoisotopic (exact) mass is 535 g/mol. The minimum absolute atomic E-state index is 0.0549. The number of halogens is 1. The first kappa shape index (κ1) is 26.7. The molecule has 0 aliphatic heterocycles. The topological polar surface area (TPSA) is 107 Å². The largest absolute Gasteiger partial charge is 0.493 e. The van der Waals surface area contributed by atoms with Gasteiger partial charge in [0.05, 0.1) is 26.5 Å². The van der Waals surface area contributed by atoms with Gasteiger partial charge in [-0.25, -0.2) is 4.39 Å². The summed E-state index contributed by atoms with van der Waals surface area (Å²) in [6, 6.07) is 18.2. The predicted molar refractivity (Wildman–Crippen MR) is 143 cm³/mol. The van der Waals surface area contributed by atoms with Crippen molar-refractivity contribution in [1.82, 2.24) is 20.1 Å². The van der Waals surface area contributed by atoms with Crippen LogP contribution in [0.1, 0.15) is 21.7 Å². The Labute approximate surface area is 223 Å². The number of hydrogen-bond acceptors (Lipinski definition) is 7. The summed E-state index contributed by atoms with van der Waals surface area (Å²) >= 11 is 1.20. The summed E-state index contributed by atoms with van der Waals surface area (Å²) in [6.45, 7) is 2.06. The van der Waals surface area contributed by atoms with E-state index in [1.165, 1.54) is 50.2 Å². The number of thioether (sulfide) groups is 1. The summed E-state index contributed by atoms with van der Waals surface area (Å²) in [5.74, 6) is 0.537. The van der Waals surface area contributed by atoms with Crippen LogP contribution in [0.4, 0.5) is 10.1 Å². The number of benzene rings is 3. The zero-order valence-corrected chi connectivity index (χ0v) is 21.8. The number of aryl methyl sites for hydroxylation is 1. The summed E-state index contributed by atoms with van der Waals surface area (Å²) in [5, 5.41) is 14.6. The molecule has 0 saturated carbocycles. The molecule has 0 spiro atoms. The van der Waals surface area contributed by atoms with Gasteiger partial charge < -0.3 is 20.1 Å². The van der Waals surface area contributed by atoms with E-state index in [0.717, 1.165) is 11.3 Å². The molecule has 9 nitrogen and oxygen atoms in total. The molecule has 4 aromatic rings. The lowest BCUT2D eigenvalue weighted by molar-refractivity contribution is -0.113. The molecule has 1 heterocycles. The highest BCUT2D eigenvalue weighted by Gasteiger charge is 2.18. The molecule has 3 aromatic carbocycles. The Morgan fingerprint density at radius 2 is 1.74 bits per heavy atom. The minimum atomic E-state index is -0.380. The summed E-state index contributed by atoms with van der Waals surface area (Å²) in [7, 11) is 3.03. The average Bonchev–Trinajstić information content (AvgIpc) is 3.34. The second-order valence-electron chi connectivity index (χ2n) is 8.17. The lowest BCUT2D eigenvalue weighted by Gasteiger charge is -2.12. The minimum Gasteiger partial charge on any atom is -0.493 e. The number of aromatic nitrogens is 3. The Kier molecular flexibility index (Phi) is 8.59. The van der Waals surface area contributed by atoms with Crippen molar-refractivity contribution in [3.05, 3.63) is 89.5 Å². The first-order valence-corrected chi connectivity index (χ1v) is 12.6. The van der Waals surface area contributed by atoms with Crippen LogP contribution in [0.3, 0.4) is 0 Å². The van der Waals surface area contributed by atoms with Crippen molar-refractivity contribution in [3.63, 3.8) is 0 Å². The van der Waals surface area contributed by atoms with E-state index in [-0.39, 0.29) is 29.9 Å². The van der Waals surface area contributed by atoms with Crippen LogP contribution in [-0.2, 0) is 11.3 Å². The van der Waals surface area contributed by atoms with Gasteiger partial charge in [-0.3, -0.25) is 14.2 Å². The first-order valence-electron chi connectivity index (χ1n) is 11.6. The van der Waals surface area contributed by atoms with Crippen molar-refractivity contribution >= 4 is 29.3 Å². The quantitative estimate of drug-likeness (QED) is 0.290. The summed E-state index contributed by atoms with van der Waals surface area (Å²) in [4.78, 5) is 25.3. The normalized spacial score (nSPS) is 10.6. The molecule has 0 fully saturated rings. The molecular weight excluding hydrogens is 509 g/mol. The lowest BCUT2D eigenvalue weighted by Crippen LogP contribution is -2.24. The number of ether oxygens (including phenoxy) is 2. The Morgan fingerprint density at radius 1 is 0.974 bits per heavy atom. The lowest BCUT2D eigenvalue weighted by atomic mass is 10.2. The third kappa shape index (κ3) is 6.48. The molecule has 11 heteroatoms. The van der Waals surface area contributed by atoms with Crippen molar-refractivity contribution in [2.75, 3.05) is 25.3 Å². The van der Waals surface area contributed by atoms with Crippen LogP contribution in [0.2, 0.25) is 0 Å². The number of methoxy groups -OCH3 is 2. The van der Waals surface area contributed by atoms with Gasteiger partial charge in [-0.15, -0.1) is 10.2 Å². The second-order valence-corrected chi connectivity index (χ2v) is 9.11. The molecule has 4 rings (SSSR count). The van der Waals surface area contributed by atoms with Gasteiger partial charge in [0.15, 0.2) is 22.5 Å². The highest BCUT2D eigenvalue weighted by molar-refractivity contribution is 7.99. The van der Waals surface area contributed by atoms with E-state index in [1.807, 2.05) is 31.2 Å². The van der Waals surface area contributed by atoms with Gasteiger partial charge in [0.1, 0.15) is 5.82 Å². The Hall–Kier alpha value is -4.38.